The molecule has 0 N–H and O–H groups in total. The predicted octanol–water partition coefficient (Wildman–Crippen LogP) is 2.38. The average molecular weight is 361 g/mol. The first kappa shape index (κ1) is 16.8. The second-order valence-corrected chi connectivity index (χ2v) is 6.25. The molecule has 7 nitrogen and oxygen atoms in total. The molecule has 1 aliphatic heterocycles. The van der Waals surface area contributed by atoms with Crippen LogP contribution in [0.4, 0.5) is 8.78 Å². The minimum Gasteiger partial charge on any atom is -0.427 e. The summed E-state index contributed by atoms with van der Waals surface area (Å²) in [5.41, 5.74) is 0.0817. The topological polar surface area (TPSA) is 77.1 Å². The first-order chi connectivity index (χ1) is 12.6. The van der Waals surface area contributed by atoms with Crippen molar-refractivity contribution in [1.29, 1.82) is 0 Å². The van der Waals surface area contributed by atoms with E-state index in [1.165, 1.54) is 6.39 Å². The number of halogens is 2. The molecule has 1 fully saturated rings. The van der Waals surface area contributed by atoms with E-state index in [4.69, 9.17) is 4.42 Å². The van der Waals surface area contributed by atoms with Gasteiger partial charge in [-0.3, -0.25) is 14.3 Å². The van der Waals surface area contributed by atoms with Crippen molar-refractivity contribution in [2.24, 2.45) is 0 Å². The summed E-state index contributed by atoms with van der Waals surface area (Å²) in [6.45, 7) is 0.462. The van der Waals surface area contributed by atoms with Crippen molar-refractivity contribution in [3.8, 4) is 0 Å². The summed E-state index contributed by atoms with van der Waals surface area (Å²) in [6.07, 6.45) is 0.208. The van der Waals surface area contributed by atoms with Crippen LogP contribution in [0.25, 0.3) is 10.9 Å². The molecule has 1 saturated heterocycles. The molecule has 0 saturated carbocycles. The number of nitrogens with zero attached hydrogens (tertiary/aromatic N) is 5. The zero-order chi connectivity index (χ0) is 18.1. The summed E-state index contributed by atoms with van der Waals surface area (Å²) < 4.78 is 32.6. The first-order valence-electron chi connectivity index (χ1n) is 8.40. The van der Waals surface area contributed by atoms with E-state index in [2.05, 4.69) is 15.2 Å². The van der Waals surface area contributed by atoms with Crippen LogP contribution >= 0.6 is 0 Å². The highest BCUT2D eigenvalue weighted by molar-refractivity contribution is 5.77. The number of benzene rings is 1. The van der Waals surface area contributed by atoms with E-state index in [0.717, 1.165) is 24.0 Å². The van der Waals surface area contributed by atoms with E-state index in [-0.39, 0.29) is 6.04 Å². The Morgan fingerprint density at radius 2 is 2.15 bits per heavy atom. The van der Waals surface area contributed by atoms with Gasteiger partial charge in [-0.2, -0.15) is 0 Å². The quantitative estimate of drug-likeness (QED) is 0.694. The highest BCUT2D eigenvalue weighted by atomic mass is 19.3. The van der Waals surface area contributed by atoms with Crippen molar-refractivity contribution in [1.82, 2.24) is 24.6 Å². The number of likely N-dealkylation sites (tertiary alicyclic amines) is 1. The summed E-state index contributed by atoms with van der Waals surface area (Å²) in [5, 5.41) is 7.89. The summed E-state index contributed by atoms with van der Waals surface area (Å²) in [7, 11) is 0. The van der Waals surface area contributed by atoms with Gasteiger partial charge in [-0.25, -0.2) is 13.8 Å². The zero-order valence-electron chi connectivity index (χ0n) is 13.9. The molecule has 0 amide bonds. The van der Waals surface area contributed by atoms with Crippen LogP contribution in [0.15, 0.2) is 39.9 Å². The van der Waals surface area contributed by atoms with Crippen molar-refractivity contribution in [3.05, 3.63) is 52.7 Å². The Hall–Kier alpha value is -2.68. The maximum atomic E-state index is 13.1. The summed E-state index contributed by atoms with van der Waals surface area (Å²) in [4.78, 5) is 19.4. The van der Waals surface area contributed by atoms with Gasteiger partial charge in [0.2, 0.25) is 12.3 Å². The van der Waals surface area contributed by atoms with Gasteiger partial charge in [0.05, 0.1) is 30.0 Å². The molecule has 3 aromatic rings. The number of rotatable bonds is 5. The fraction of sp³-hybridized carbons (Fsp3) is 0.412. The van der Waals surface area contributed by atoms with Crippen LogP contribution in [-0.4, -0.2) is 37.6 Å². The summed E-state index contributed by atoms with van der Waals surface area (Å²) in [5.74, 6) is 0.812. The lowest BCUT2D eigenvalue weighted by atomic mass is 10.1. The highest BCUT2D eigenvalue weighted by Gasteiger charge is 2.31. The van der Waals surface area contributed by atoms with E-state index in [9.17, 15) is 13.6 Å². The smallest absolute Gasteiger partial charge is 0.261 e. The Morgan fingerprint density at radius 1 is 1.31 bits per heavy atom. The monoisotopic (exact) mass is 361 g/mol. The van der Waals surface area contributed by atoms with Crippen LogP contribution in [-0.2, 0) is 13.1 Å². The molecule has 1 unspecified atom stereocenters. The molecule has 26 heavy (non-hydrogen) atoms. The maximum Gasteiger partial charge on any atom is 0.261 e. The van der Waals surface area contributed by atoms with Crippen LogP contribution in [0.3, 0.4) is 0 Å². The maximum absolute atomic E-state index is 13.1. The number of aromatic nitrogens is 4. The van der Waals surface area contributed by atoms with Gasteiger partial charge in [-0.15, -0.1) is 10.2 Å². The molecular weight excluding hydrogens is 344 g/mol. The molecule has 1 aromatic carbocycles. The SMILES string of the molecule is O=c1c2ccccc2nc(C2CCCN2Cc2nnco2)n1CC(F)F. The van der Waals surface area contributed by atoms with Gasteiger partial charge in [0.25, 0.3) is 12.0 Å². The fourth-order valence-corrected chi connectivity index (χ4v) is 3.50. The molecule has 0 radical (unpaired) electrons. The minimum atomic E-state index is -2.64. The minimum absolute atomic E-state index is 0.252. The Balaban J connectivity index is 1.79. The molecule has 4 rings (SSSR count). The number of alkyl halides is 2. The molecular formula is C17H17F2N5O2. The van der Waals surface area contributed by atoms with Crippen LogP contribution in [0.2, 0.25) is 0 Å². The third kappa shape index (κ3) is 3.10. The zero-order valence-corrected chi connectivity index (χ0v) is 13.9. The van der Waals surface area contributed by atoms with Crippen LogP contribution < -0.4 is 5.56 Å². The van der Waals surface area contributed by atoms with Crippen LogP contribution in [0.5, 0.6) is 0 Å². The lowest BCUT2D eigenvalue weighted by Crippen LogP contribution is -2.33. The fourth-order valence-electron chi connectivity index (χ4n) is 3.50. The largest absolute Gasteiger partial charge is 0.427 e. The van der Waals surface area contributed by atoms with E-state index in [1.807, 2.05) is 4.90 Å². The van der Waals surface area contributed by atoms with Crippen molar-refractivity contribution >= 4 is 10.9 Å². The third-order valence-corrected chi connectivity index (χ3v) is 4.62. The molecule has 0 bridgehead atoms. The van der Waals surface area contributed by atoms with Gasteiger partial charge in [0.15, 0.2) is 0 Å². The van der Waals surface area contributed by atoms with Gasteiger partial charge >= 0.3 is 0 Å². The lowest BCUT2D eigenvalue weighted by Gasteiger charge is -2.25. The predicted molar refractivity (Wildman–Crippen MR) is 88.7 cm³/mol. The molecule has 9 heteroatoms. The molecule has 1 aliphatic rings. The van der Waals surface area contributed by atoms with E-state index in [1.54, 1.807) is 24.3 Å². The third-order valence-electron chi connectivity index (χ3n) is 4.62. The Morgan fingerprint density at radius 3 is 2.92 bits per heavy atom. The molecule has 0 aliphatic carbocycles. The summed E-state index contributed by atoms with van der Waals surface area (Å²) in [6, 6.07) is 6.57. The number of para-hydroxylation sites is 1. The number of hydrogen-bond donors (Lipinski definition) is 0. The summed E-state index contributed by atoms with van der Waals surface area (Å²) >= 11 is 0. The van der Waals surface area contributed by atoms with Crippen LogP contribution in [0.1, 0.15) is 30.6 Å². The van der Waals surface area contributed by atoms with Crippen molar-refractivity contribution in [2.45, 2.75) is 38.4 Å². The Labute approximate surface area is 147 Å². The van der Waals surface area contributed by atoms with E-state index in [0.29, 0.717) is 29.2 Å². The normalized spacial score (nSPS) is 18.2. The van der Waals surface area contributed by atoms with E-state index >= 15 is 0 Å². The number of fused-ring (bicyclic) bond motifs is 1. The molecule has 0 spiro atoms. The van der Waals surface area contributed by atoms with Gasteiger partial charge in [-0.05, 0) is 31.5 Å². The number of hydrogen-bond acceptors (Lipinski definition) is 6. The van der Waals surface area contributed by atoms with Crippen LogP contribution in [0, 0.1) is 0 Å². The highest BCUT2D eigenvalue weighted by Crippen LogP contribution is 2.32. The van der Waals surface area contributed by atoms with Crippen molar-refractivity contribution < 1.29 is 13.2 Å². The van der Waals surface area contributed by atoms with Crippen molar-refractivity contribution in [3.63, 3.8) is 0 Å². The van der Waals surface area contributed by atoms with Gasteiger partial charge in [-0.1, -0.05) is 12.1 Å². The first-order valence-corrected chi connectivity index (χ1v) is 8.40. The van der Waals surface area contributed by atoms with Gasteiger partial charge < -0.3 is 4.42 Å². The molecule has 136 valence electrons. The second kappa shape index (κ2) is 6.91. The Bertz CT molecular complexity index is 957. The Kier molecular flexibility index (Phi) is 4.46. The van der Waals surface area contributed by atoms with Crippen molar-refractivity contribution in [2.75, 3.05) is 6.54 Å². The molecule has 3 heterocycles. The van der Waals surface area contributed by atoms with Gasteiger partial charge in [0.1, 0.15) is 5.82 Å². The van der Waals surface area contributed by atoms with Gasteiger partial charge in [0, 0.05) is 0 Å². The standard InChI is InChI=1S/C17H17F2N5O2/c18-14(19)8-24-16(21-12-5-2-1-4-11(12)17(24)25)13-6-3-7-23(13)9-15-22-20-10-26-15/h1-2,4-5,10,13-14H,3,6-9H2. The second-order valence-electron chi connectivity index (χ2n) is 6.25. The molecule has 2 aromatic heterocycles. The van der Waals surface area contributed by atoms with E-state index < -0.39 is 18.5 Å². The lowest BCUT2D eigenvalue weighted by molar-refractivity contribution is 0.119. The average Bonchev–Trinajstić information content (AvgIpc) is 3.29. The molecule has 1 atom stereocenters.